The monoisotopic (exact) mass is 472 g/mol. The fraction of sp³-hybridized carbons (Fsp3) is 0.304. The Morgan fingerprint density at radius 2 is 1.79 bits per heavy atom. The summed E-state index contributed by atoms with van der Waals surface area (Å²) in [5, 5.41) is 8.75. The molecule has 1 aromatic heterocycles. The number of amides is 2. The second kappa shape index (κ2) is 9.64. The fourth-order valence-electron chi connectivity index (χ4n) is 3.98. The summed E-state index contributed by atoms with van der Waals surface area (Å²) >= 11 is 0. The first-order valence-corrected chi connectivity index (χ1v) is 10.6. The molecule has 3 aromatic rings. The van der Waals surface area contributed by atoms with Crippen molar-refractivity contribution in [2.75, 3.05) is 25.0 Å². The Bertz CT molecular complexity index is 1120. The van der Waals surface area contributed by atoms with Crippen molar-refractivity contribution in [2.45, 2.75) is 19.1 Å². The number of nitrogens with one attached hydrogen (secondary N) is 2. The zero-order chi connectivity index (χ0) is 24.2. The van der Waals surface area contributed by atoms with Crippen molar-refractivity contribution in [3.8, 4) is 5.69 Å². The maximum atomic E-state index is 14.0. The number of carbonyl (C=O) groups is 2. The Kier molecular flexibility index (Phi) is 6.64. The molecule has 0 radical (unpaired) electrons. The van der Waals surface area contributed by atoms with E-state index < -0.39 is 36.5 Å². The number of halogens is 3. The van der Waals surface area contributed by atoms with Crippen molar-refractivity contribution >= 4 is 17.5 Å². The molecule has 4 rings (SSSR count). The van der Waals surface area contributed by atoms with E-state index in [9.17, 15) is 22.8 Å². The number of benzene rings is 2. The van der Waals surface area contributed by atoms with Gasteiger partial charge >= 0.3 is 6.18 Å². The van der Waals surface area contributed by atoms with Crippen LogP contribution in [-0.4, -0.2) is 57.3 Å². The van der Waals surface area contributed by atoms with Gasteiger partial charge < -0.3 is 10.6 Å². The lowest BCUT2D eigenvalue weighted by atomic mass is 9.85. The van der Waals surface area contributed by atoms with Gasteiger partial charge in [-0.3, -0.25) is 14.5 Å². The topological polar surface area (TPSA) is 92.2 Å². The zero-order valence-corrected chi connectivity index (χ0v) is 18.1. The number of hydrogen-bond donors (Lipinski definition) is 2. The van der Waals surface area contributed by atoms with Gasteiger partial charge in [-0.25, -0.2) is 9.67 Å². The lowest BCUT2D eigenvalue weighted by molar-refractivity contribution is -0.218. The highest BCUT2D eigenvalue weighted by atomic mass is 19.4. The van der Waals surface area contributed by atoms with Crippen LogP contribution in [-0.2, 0) is 16.1 Å². The Balaban J connectivity index is 1.34. The van der Waals surface area contributed by atoms with Gasteiger partial charge in [0.05, 0.1) is 12.2 Å². The van der Waals surface area contributed by atoms with E-state index in [0.29, 0.717) is 12.2 Å². The fourth-order valence-corrected chi connectivity index (χ4v) is 3.98. The third kappa shape index (κ3) is 5.09. The van der Waals surface area contributed by atoms with Crippen LogP contribution < -0.4 is 10.6 Å². The van der Waals surface area contributed by atoms with E-state index in [1.807, 2.05) is 30.3 Å². The van der Waals surface area contributed by atoms with Crippen molar-refractivity contribution in [3.63, 3.8) is 0 Å². The van der Waals surface area contributed by atoms with Crippen LogP contribution in [0, 0.1) is 5.41 Å². The quantitative estimate of drug-likeness (QED) is 0.552. The predicted octanol–water partition coefficient (Wildman–Crippen LogP) is 2.78. The molecule has 0 spiro atoms. The summed E-state index contributed by atoms with van der Waals surface area (Å²) in [4.78, 5) is 30.4. The smallest absolute Gasteiger partial charge is 0.346 e. The average molecular weight is 472 g/mol. The number of carbonyl (C=O) groups excluding carboxylic acids is 2. The van der Waals surface area contributed by atoms with Gasteiger partial charge in [0.15, 0.2) is 5.41 Å². The molecule has 2 heterocycles. The van der Waals surface area contributed by atoms with Crippen LogP contribution in [0.1, 0.15) is 12.0 Å². The second-order valence-corrected chi connectivity index (χ2v) is 8.14. The van der Waals surface area contributed by atoms with Crippen LogP contribution in [0.2, 0.25) is 0 Å². The number of nitrogens with zero attached hydrogens (tertiary/aromatic N) is 4. The minimum atomic E-state index is -4.74. The molecular weight excluding hydrogens is 449 g/mol. The maximum absolute atomic E-state index is 14.0. The molecule has 2 amide bonds. The zero-order valence-electron chi connectivity index (χ0n) is 18.1. The molecule has 8 nitrogen and oxygen atoms in total. The Morgan fingerprint density at radius 3 is 2.44 bits per heavy atom. The molecule has 1 fully saturated rings. The van der Waals surface area contributed by atoms with Gasteiger partial charge in [0.25, 0.3) is 0 Å². The van der Waals surface area contributed by atoms with Crippen LogP contribution in [0.3, 0.4) is 0 Å². The molecule has 2 aromatic carbocycles. The van der Waals surface area contributed by atoms with Gasteiger partial charge in [0.1, 0.15) is 12.7 Å². The van der Waals surface area contributed by atoms with Gasteiger partial charge in [-0.1, -0.05) is 30.3 Å². The number of rotatable bonds is 7. The van der Waals surface area contributed by atoms with E-state index in [0.717, 1.165) is 11.3 Å². The Morgan fingerprint density at radius 1 is 1.06 bits per heavy atom. The highest BCUT2D eigenvalue weighted by Crippen LogP contribution is 2.46. The number of anilines is 1. The van der Waals surface area contributed by atoms with E-state index in [2.05, 4.69) is 20.7 Å². The van der Waals surface area contributed by atoms with Crippen LogP contribution >= 0.6 is 0 Å². The molecule has 1 aliphatic heterocycles. The number of aromatic nitrogens is 3. The van der Waals surface area contributed by atoms with E-state index in [1.165, 1.54) is 17.3 Å². The lowest BCUT2D eigenvalue weighted by Gasteiger charge is -2.30. The largest absolute Gasteiger partial charge is 0.404 e. The summed E-state index contributed by atoms with van der Waals surface area (Å²) in [6, 6.07) is 15.7. The first-order chi connectivity index (χ1) is 16.3. The van der Waals surface area contributed by atoms with Crippen molar-refractivity contribution in [2.24, 2.45) is 5.41 Å². The first kappa shape index (κ1) is 23.4. The van der Waals surface area contributed by atoms with Crippen molar-refractivity contribution < 1.29 is 22.8 Å². The average Bonchev–Trinajstić information content (AvgIpc) is 3.50. The Labute approximate surface area is 193 Å². The summed E-state index contributed by atoms with van der Waals surface area (Å²) < 4.78 is 43.5. The summed E-state index contributed by atoms with van der Waals surface area (Å²) in [6.45, 7) is -0.577. The van der Waals surface area contributed by atoms with E-state index >= 15 is 0 Å². The van der Waals surface area contributed by atoms with E-state index in [-0.39, 0.29) is 13.0 Å². The lowest BCUT2D eigenvalue weighted by Crippen LogP contribution is -2.53. The first-order valence-electron chi connectivity index (χ1n) is 10.6. The molecule has 1 atom stereocenters. The van der Waals surface area contributed by atoms with Gasteiger partial charge in [-0.15, -0.1) is 0 Å². The highest BCUT2D eigenvalue weighted by Gasteiger charge is 2.62. The summed E-state index contributed by atoms with van der Waals surface area (Å²) in [5.74, 6) is -1.81. The van der Waals surface area contributed by atoms with Crippen molar-refractivity contribution in [1.82, 2.24) is 25.0 Å². The molecule has 11 heteroatoms. The molecule has 34 heavy (non-hydrogen) atoms. The molecule has 1 saturated heterocycles. The van der Waals surface area contributed by atoms with Gasteiger partial charge in [-0.2, -0.15) is 18.3 Å². The third-order valence-electron chi connectivity index (χ3n) is 5.82. The summed E-state index contributed by atoms with van der Waals surface area (Å²) in [5.41, 5.74) is -0.530. The molecule has 0 saturated carbocycles. The van der Waals surface area contributed by atoms with Crippen molar-refractivity contribution in [3.05, 3.63) is 72.8 Å². The van der Waals surface area contributed by atoms with Crippen LogP contribution in [0.5, 0.6) is 0 Å². The van der Waals surface area contributed by atoms with Crippen LogP contribution in [0.4, 0.5) is 18.9 Å². The number of likely N-dealkylation sites (tertiary alicyclic amines) is 1. The van der Waals surface area contributed by atoms with Crippen molar-refractivity contribution in [1.29, 1.82) is 0 Å². The highest BCUT2D eigenvalue weighted by molar-refractivity contribution is 5.95. The van der Waals surface area contributed by atoms with E-state index in [1.54, 1.807) is 29.2 Å². The number of alkyl halides is 3. The van der Waals surface area contributed by atoms with Crippen LogP contribution in [0.25, 0.3) is 5.69 Å². The number of hydrogen-bond acceptors (Lipinski definition) is 5. The van der Waals surface area contributed by atoms with E-state index in [4.69, 9.17) is 0 Å². The SMILES string of the molecule is O=C(CNC(=O)C1(C(F)(F)F)CCN(Cc2ccccc2)C1)Nc1ccc(-n2cncn2)cc1. The summed E-state index contributed by atoms with van der Waals surface area (Å²) in [7, 11) is 0. The molecule has 1 unspecified atom stereocenters. The molecule has 0 aliphatic carbocycles. The molecule has 0 bridgehead atoms. The van der Waals surface area contributed by atoms with Gasteiger partial charge in [-0.05, 0) is 42.8 Å². The van der Waals surface area contributed by atoms with Crippen LogP contribution in [0.15, 0.2) is 67.3 Å². The maximum Gasteiger partial charge on any atom is 0.404 e. The Hall–Kier alpha value is -3.73. The molecule has 1 aliphatic rings. The normalized spacial score (nSPS) is 18.6. The summed E-state index contributed by atoms with van der Waals surface area (Å²) in [6.07, 6.45) is -2.20. The standard InChI is InChI=1S/C23H23F3N6O2/c24-23(25,26)22(10-11-31(14-22)13-17-4-2-1-3-5-17)21(34)28-12-20(33)30-18-6-8-19(9-7-18)32-16-27-15-29-32/h1-9,15-16H,10-14H2,(H,28,34)(H,30,33). The molecule has 178 valence electrons. The van der Waals surface area contributed by atoms with Gasteiger partial charge in [0, 0.05) is 18.8 Å². The second-order valence-electron chi connectivity index (χ2n) is 8.14. The minimum Gasteiger partial charge on any atom is -0.346 e. The minimum absolute atomic E-state index is 0.131. The molecular formula is C23H23F3N6O2. The predicted molar refractivity (Wildman–Crippen MR) is 118 cm³/mol. The van der Waals surface area contributed by atoms with Gasteiger partial charge in [0.2, 0.25) is 11.8 Å². The third-order valence-corrected chi connectivity index (χ3v) is 5.82. The molecule has 2 N–H and O–H groups in total.